The van der Waals surface area contributed by atoms with Crippen molar-refractivity contribution in [1.29, 1.82) is 0 Å². The van der Waals surface area contributed by atoms with Gasteiger partial charge in [-0.15, -0.1) is 11.3 Å². The zero-order valence-corrected chi connectivity index (χ0v) is 13.9. The van der Waals surface area contributed by atoms with Crippen molar-refractivity contribution in [3.05, 3.63) is 65.0 Å². The van der Waals surface area contributed by atoms with Crippen molar-refractivity contribution < 1.29 is 9.90 Å². The molecule has 0 fully saturated rings. The largest absolute Gasteiger partial charge is 0.507 e. The maximum absolute atomic E-state index is 11.3. The van der Waals surface area contributed by atoms with Crippen molar-refractivity contribution in [2.75, 3.05) is 5.32 Å². The fourth-order valence-corrected chi connectivity index (χ4v) is 3.18. The summed E-state index contributed by atoms with van der Waals surface area (Å²) in [4.78, 5) is 15.9. The summed E-state index contributed by atoms with van der Waals surface area (Å²) in [5.41, 5.74) is 8.00. The minimum atomic E-state index is -0.666. The molecule has 0 aliphatic heterocycles. The predicted molar refractivity (Wildman–Crippen MR) is 96.2 cm³/mol. The highest BCUT2D eigenvalue weighted by Gasteiger charge is 2.12. The number of thiazole rings is 1. The third-order valence-electron chi connectivity index (χ3n) is 3.70. The average Bonchev–Trinajstić information content (AvgIpc) is 3.04. The highest BCUT2D eigenvalue weighted by atomic mass is 32.1. The molecule has 4 N–H and O–H groups in total. The van der Waals surface area contributed by atoms with Gasteiger partial charge in [-0.05, 0) is 30.7 Å². The summed E-state index contributed by atoms with van der Waals surface area (Å²) in [5.74, 6) is -0.793. The van der Waals surface area contributed by atoms with Gasteiger partial charge in [0, 0.05) is 10.9 Å². The number of rotatable bonds is 5. The second-order valence-electron chi connectivity index (χ2n) is 5.41. The van der Waals surface area contributed by atoms with Gasteiger partial charge in [0.2, 0.25) is 0 Å². The van der Waals surface area contributed by atoms with Gasteiger partial charge in [-0.1, -0.05) is 30.3 Å². The summed E-state index contributed by atoms with van der Waals surface area (Å²) in [5, 5.41) is 15.7. The van der Waals surface area contributed by atoms with Crippen LogP contribution in [-0.4, -0.2) is 16.0 Å². The molecule has 1 aromatic heterocycles. The van der Waals surface area contributed by atoms with E-state index in [0.717, 1.165) is 16.4 Å². The van der Waals surface area contributed by atoms with Crippen LogP contribution in [0.5, 0.6) is 5.75 Å². The molecular weight excluding hydrogens is 322 g/mol. The number of nitrogens with two attached hydrogens (primary N) is 1. The maximum atomic E-state index is 11.3. The Balaban J connectivity index is 1.81. The molecule has 3 aromatic rings. The van der Waals surface area contributed by atoms with E-state index in [4.69, 9.17) is 5.73 Å². The lowest BCUT2D eigenvalue weighted by Gasteiger charge is -2.12. The van der Waals surface area contributed by atoms with Crippen LogP contribution in [0, 0.1) is 0 Å². The molecule has 5 nitrogen and oxygen atoms in total. The van der Waals surface area contributed by atoms with Crippen molar-refractivity contribution >= 4 is 22.4 Å². The number of anilines is 1. The third kappa shape index (κ3) is 3.38. The number of benzene rings is 2. The first-order valence-electron chi connectivity index (χ1n) is 7.45. The van der Waals surface area contributed by atoms with E-state index in [9.17, 15) is 9.90 Å². The van der Waals surface area contributed by atoms with Crippen molar-refractivity contribution in [2.24, 2.45) is 5.73 Å². The first-order chi connectivity index (χ1) is 11.5. The molecule has 0 radical (unpaired) electrons. The lowest BCUT2D eigenvalue weighted by atomic mass is 10.1. The summed E-state index contributed by atoms with van der Waals surface area (Å²) in [6, 6.07) is 15.0. The molecule has 0 bridgehead atoms. The van der Waals surface area contributed by atoms with Crippen LogP contribution in [0.1, 0.15) is 28.9 Å². The highest BCUT2D eigenvalue weighted by molar-refractivity contribution is 7.14. The summed E-state index contributed by atoms with van der Waals surface area (Å²) < 4.78 is 0. The molecule has 1 atom stereocenters. The number of phenols is 1. The SMILES string of the molecule is C[C@@H](Nc1nc(-c2ccc(O)c(C(N)=O)c2)cs1)c1ccccc1. The van der Waals surface area contributed by atoms with Crippen LogP contribution >= 0.6 is 11.3 Å². The minimum Gasteiger partial charge on any atom is -0.507 e. The van der Waals surface area contributed by atoms with Gasteiger partial charge in [0.15, 0.2) is 5.13 Å². The van der Waals surface area contributed by atoms with Crippen molar-refractivity contribution in [2.45, 2.75) is 13.0 Å². The molecular formula is C18H17N3O2S. The molecule has 0 saturated heterocycles. The normalized spacial score (nSPS) is 11.9. The zero-order valence-electron chi connectivity index (χ0n) is 13.1. The Labute approximate surface area is 143 Å². The van der Waals surface area contributed by atoms with Crippen LogP contribution < -0.4 is 11.1 Å². The number of aromatic nitrogens is 1. The molecule has 0 spiro atoms. The van der Waals surface area contributed by atoms with Gasteiger partial charge in [-0.25, -0.2) is 4.98 Å². The van der Waals surface area contributed by atoms with Gasteiger partial charge in [-0.2, -0.15) is 0 Å². The Morgan fingerprint density at radius 1 is 1.25 bits per heavy atom. The standard InChI is InChI=1S/C18H17N3O2S/c1-11(12-5-3-2-4-6-12)20-18-21-15(10-24-18)13-7-8-16(22)14(9-13)17(19)23/h2-11,22H,1H3,(H2,19,23)(H,20,21)/t11-/m1/s1. The molecule has 24 heavy (non-hydrogen) atoms. The first kappa shape index (κ1) is 16.0. The predicted octanol–water partition coefficient (Wildman–Crippen LogP) is 3.79. The molecule has 3 rings (SSSR count). The summed E-state index contributed by atoms with van der Waals surface area (Å²) in [6.45, 7) is 2.07. The molecule has 1 heterocycles. The number of hydrogen-bond acceptors (Lipinski definition) is 5. The molecule has 0 aliphatic rings. The number of carbonyl (C=O) groups excluding carboxylic acids is 1. The van der Waals surface area contributed by atoms with Crippen molar-refractivity contribution in [1.82, 2.24) is 4.98 Å². The highest BCUT2D eigenvalue weighted by Crippen LogP contribution is 2.30. The van der Waals surface area contributed by atoms with Gasteiger partial charge < -0.3 is 16.2 Å². The second kappa shape index (κ2) is 6.72. The molecule has 0 saturated carbocycles. The summed E-state index contributed by atoms with van der Waals surface area (Å²) in [7, 11) is 0. The number of nitrogens with zero attached hydrogens (tertiary/aromatic N) is 1. The monoisotopic (exact) mass is 339 g/mol. The van der Waals surface area contributed by atoms with Gasteiger partial charge in [0.25, 0.3) is 5.91 Å². The number of primary amides is 1. The lowest BCUT2D eigenvalue weighted by Crippen LogP contribution is -2.11. The molecule has 6 heteroatoms. The van der Waals surface area contributed by atoms with Crippen LogP contribution in [0.15, 0.2) is 53.9 Å². The number of nitrogens with one attached hydrogen (secondary N) is 1. The Morgan fingerprint density at radius 2 is 2.00 bits per heavy atom. The number of hydrogen-bond donors (Lipinski definition) is 3. The van der Waals surface area contributed by atoms with Crippen LogP contribution in [0.4, 0.5) is 5.13 Å². The van der Waals surface area contributed by atoms with E-state index in [1.807, 2.05) is 23.6 Å². The second-order valence-corrected chi connectivity index (χ2v) is 6.27. The lowest BCUT2D eigenvalue weighted by molar-refractivity contribution is 0.0998. The Kier molecular flexibility index (Phi) is 4.48. The summed E-state index contributed by atoms with van der Waals surface area (Å²) in [6.07, 6.45) is 0. The van der Waals surface area contributed by atoms with E-state index < -0.39 is 5.91 Å². The Hall–Kier alpha value is -2.86. The topological polar surface area (TPSA) is 88.2 Å². The molecule has 0 aliphatic carbocycles. The van der Waals surface area contributed by atoms with Crippen molar-refractivity contribution in [3.8, 4) is 17.0 Å². The van der Waals surface area contributed by atoms with E-state index in [0.29, 0.717) is 0 Å². The van der Waals surface area contributed by atoms with E-state index in [2.05, 4.69) is 29.4 Å². The van der Waals surface area contributed by atoms with Gasteiger partial charge in [0.05, 0.1) is 17.3 Å². The van der Waals surface area contributed by atoms with E-state index in [1.54, 1.807) is 12.1 Å². The van der Waals surface area contributed by atoms with Gasteiger partial charge in [-0.3, -0.25) is 4.79 Å². The molecule has 2 aromatic carbocycles. The maximum Gasteiger partial charge on any atom is 0.252 e. The van der Waals surface area contributed by atoms with Crippen LogP contribution in [0.2, 0.25) is 0 Å². The fourth-order valence-electron chi connectivity index (χ4n) is 2.38. The van der Waals surface area contributed by atoms with Gasteiger partial charge >= 0.3 is 0 Å². The Bertz CT molecular complexity index is 862. The van der Waals surface area contributed by atoms with E-state index in [-0.39, 0.29) is 17.4 Å². The van der Waals surface area contributed by atoms with Crippen LogP contribution in [-0.2, 0) is 0 Å². The van der Waals surface area contributed by atoms with Crippen LogP contribution in [0.3, 0.4) is 0 Å². The first-order valence-corrected chi connectivity index (χ1v) is 8.33. The number of amides is 1. The number of aromatic hydroxyl groups is 1. The number of carbonyl (C=O) groups is 1. The Morgan fingerprint density at radius 3 is 2.71 bits per heavy atom. The smallest absolute Gasteiger partial charge is 0.252 e. The van der Waals surface area contributed by atoms with Crippen LogP contribution in [0.25, 0.3) is 11.3 Å². The molecule has 1 amide bonds. The summed E-state index contributed by atoms with van der Waals surface area (Å²) >= 11 is 1.48. The molecule has 122 valence electrons. The van der Waals surface area contributed by atoms with E-state index >= 15 is 0 Å². The van der Waals surface area contributed by atoms with Crippen molar-refractivity contribution in [3.63, 3.8) is 0 Å². The molecule has 0 unspecified atom stereocenters. The fraction of sp³-hybridized carbons (Fsp3) is 0.111. The third-order valence-corrected chi connectivity index (χ3v) is 4.48. The quantitative estimate of drug-likeness (QED) is 0.660. The average molecular weight is 339 g/mol. The minimum absolute atomic E-state index is 0.0904. The van der Waals surface area contributed by atoms with E-state index in [1.165, 1.54) is 23.0 Å². The van der Waals surface area contributed by atoms with Gasteiger partial charge in [0.1, 0.15) is 5.75 Å². The zero-order chi connectivity index (χ0) is 17.1.